The summed E-state index contributed by atoms with van der Waals surface area (Å²) in [5.74, 6) is 0.405. The fraction of sp³-hybridized carbons (Fsp3) is 0.514. The van der Waals surface area contributed by atoms with Crippen LogP contribution in [0.3, 0.4) is 0 Å². The second-order valence-corrected chi connectivity index (χ2v) is 12.1. The average molecular weight is 669 g/mol. The van der Waals surface area contributed by atoms with Crippen molar-refractivity contribution >= 4 is 17.5 Å². The van der Waals surface area contributed by atoms with Crippen molar-refractivity contribution in [3.63, 3.8) is 0 Å². The Hall–Kier alpha value is -4.26. The minimum absolute atomic E-state index is 0.0134. The zero-order valence-corrected chi connectivity index (χ0v) is 27.5. The number of anilines is 1. The normalized spacial score (nSPS) is 15.9. The number of alkyl halides is 3. The Bertz CT molecular complexity index is 1500. The van der Waals surface area contributed by atoms with Gasteiger partial charge in [0, 0.05) is 43.4 Å². The Kier molecular flexibility index (Phi) is 11.9. The molecule has 0 bridgehead atoms. The van der Waals surface area contributed by atoms with Gasteiger partial charge in [0.15, 0.2) is 5.69 Å². The number of rotatable bonds is 14. The van der Waals surface area contributed by atoms with E-state index in [9.17, 15) is 22.8 Å². The van der Waals surface area contributed by atoms with E-state index in [-0.39, 0.29) is 29.5 Å². The van der Waals surface area contributed by atoms with Crippen LogP contribution in [0.25, 0.3) is 11.1 Å². The van der Waals surface area contributed by atoms with Gasteiger partial charge in [-0.1, -0.05) is 24.6 Å². The van der Waals surface area contributed by atoms with E-state index >= 15 is 0 Å². The van der Waals surface area contributed by atoms with Crippen LogP contribution in [0.2, 0.25) is 0 Å². The number of nitrogens with one attached hydrogen (secondary N) is 1. The highest BCUT2D eigenvalue weighted by Crippen LogP contribution is 2.38. The molecule has 2 aliphatic rings. The predicted molar refractivity (Wildman–Crippen MR) is 175 cm³/mol. The van der Waals surface area contributed by atoms with Crippen molar-refractivity contribution in [2.75, 3.05) is 44.3 Å². The third-order valence-corrected chi connectivity index (χ3v) is 8.88. The number of amides is 2. The molecule has 0 radical (unpaired) electrons. The van der Waals surface area contributed by atoms with Gasteiger partial charge in [-0.15, -0.1) is 0 Å². The number of unbranched alkanes of at least 4 members (excludes halogenated alkanes) is 1. The Labute approximate surface area is 279 Å². The van der Waals surface area contributed by atoms with Gasteiger partial charge in [0.25, 0.3) is 5.91 Å². The fourth-order valence-corrected chi connectivity index (χ4v) is 6.09. The van der Waals surface area contributed by atoms with Crippen molar-refractivity contribution in [2.45, 2.75) is 71.0 Å². The highest BCUT2D eigenvalue weighted by Gasteiger charge is 2.34. The molecule has 13 heteroatoms. The highest BCUT2D eigenvalue weighted by atomic mass is 19.4. The third-order valence-electron chi connectivity index (χ3n) is 8.88. The first-order chi connectivity index (χ1) is 23.2. The van der Waals surface area contributed by atoms with Crippen LogP contribution in [0.15, 0.2) is 48.9 Å². The molecule has 48 heavy (non-hydrogen) atoms. The Morgan fingerprint density at radius 2 is 1.60 bits per heavy atom. The predicted octanol–water partition coefficient (Wildman–Crippen LogP) is 6.16. The van der Waals surface area contributed by atoms with Crippen LogP contribution in [-0.2, 0) is 11.0 Å². The van der Waals surface area contributed by atoms with Gasteiger partial charge in [0.1, 0.15) is 12.0 Å². The zero-order valence-electron chi connectivity index (χ0n) is 27.5. The number of pyridine rings is 1. The zero-order chi connectivity index (χ0) is 34.1. The molecule has 5 rings (SSSR count). The van der Waals surface area contributed by atoms with Crippen LogP contribution in [0.4, 0.5) is 18.9 Å². The molecule has 0 unspecified atom stereocenters. The number of hydrogen-bond acceptors (Lipinski definition) is 8. The molecule has 3 heterocycles. The van der Waals surface area contributed by atoms with E-state index in [0.717, 1.165) is 76.7 Å². The van der Waals surface area contributed by atoms with Crippen LogP contribution >= 0.6 is 0 Å². The quantitative estimate of drug-likeness (QED) is 0.204. The van der Waals surface area contributed by atoms with Gasteiger partial charge in [0.2, 0.25) is 17.7 Å². The van der Waals surface area contributed by atoms with E-state index in [1.54, 1.807) is 17.0 Å². The van der Waals surface area contributed by atoms with Crippen LogP contribution in [0.5, 0.6) is 11.8 Å². The number of piperidine rings is 1. The largest absolute Gasteiger partial charge is 0.476 e. The molecule has 10 nitrogen and oxygen atoms in total. The monoisotopic (exact) mass is 668 g/mol. The second kappa shape index (κ2) is 16.2. The molecule has 2 fully saturated rings. The fourth-order valence-electron chi connectivity index (χ4n) is 6.09. The molecular weight excluding hydrogens is 625 g/mol. The molecule has 258 valence electrons. The summed E-state index contributed by atoms with van der Waals surface area (Å²) in [6.45, 7) is 7.51. The lowest BCUT2D eigenvalue weighted by molar-refractivity contribution is -0.137. The minimum Gasteiger partial charge on any atom is -0.476 e. The molecule has 0 spiro atoms. The summed E-state index contributed by atoms with van der Waals surface area (Å²) < 4.78 is 50.7. The summed E-state index contributed by atoms with van der Waals surface area (Å²) in [6.07, 6.45) is 4.43. The standard InChI is InChI=1S/C35H43F3N6O4/c1-3-47-32-30(33(48-4-2)41-23-40-32)44(34(46)25-9-7-10-25)20-6-5-19-43-21-16-27(17-22-43)42-31(45)29-28(11-8-18-39-29)24-12-14-26(15-13-24)35(36,37)38/h8,11-15,18,23,25,27H,3-7,9-10,16-17,19-22H2,1-2H3,(H,42,45). The highest BCUT2D eigenvalue weighted by molar-refractivity contribution is 5.99. The second-order valence-electron chi connectivity index (χ2n) is 12.1. The molecule has 1 aromatic carbocycles. The Morgan fingerprint density at radius 1 is 0.938 bits per heavy atom. The van der Waals surface area contributed by atoms with Gasteiger partial charge in [-0.25, -0.2) is 0 Å². The minimum atomic E-state index is -4.43. The number of aromatic nitrogens is 3. The molecule has 1 aliphatic carbocycles. The van der Waals surface area contributed by atoms with E-state index in [2.05, 4.69) is 25.2 Å². The van der Waals surface area contributed by atoms with Gasteiger partial charge in [-0.2, -0.15) is 23.1 Å². The van der Waals surface area contributed by atoms with Crippen molar-refractivity contribution < 1.29 is 32.2 Å². The molecule has 3 aromatic rings. The summed E-state index contributed by atoms with van der Waals surface area (Å²) >= 11 is 0. The van der Waals surface area contributed by atoms with Crippen molar-refractivity contribution in [3.8, 4) is 22.9 Å². The smallest absolute Gasteiger partial charge is 0.416 e. The summed E-state index contributed by atoms with van der Waals surface area (Å²) in [5.41, 5.74) is 0.917. The van der Waals surface area contributed by atoms with Crippen molar-refractivity contribution in [3.05, 3.63) is 60.2 Å². The van der Waals surface area contributed by atoms with Crippen molar-refractivity contribution in [1.82, 2.24) is 25.2 Å². The Morgan fingerprint density at radius 3 is 2.19 bits per heavy atom. The van der Waals surface area contributed by atoms with Crippen LogP contribution in [0, 0.1) is 5.92 Å². The SMILES string of the molecule is CCOc1ncnc(OCC)c1N(CCCCN1CCC(NC(=O)c2ncccc2-c2ccc(C(F)(F)F)cc2)CC1)C(=O)C1CCC1. The molecule has 2 amide bonds. The number of carbonyl (C=O) groups is 2. The van der Waals surface area contributed by atoms with Crippen molar-refractivity contribution in [2.24, 2.45) is 5.92 Å². The number of likely N-dealkylation sites (tertiary alicyclic amines) is 1. The first-order valence-electron chi connectivity index (χ1n) is 16.8. The number of benzene rings is 1. The van der Waals surface area contributed by atoms with Gasteiger partial charge in [-0.05, 0) is 82.7 Å². The van der Waals surface area contributed by atoms with Gasteiger partial charge in [-0.3, -0.25) is 14.6 Å². The lowest BCUT2D eigenvalue weighted by Crippen LogP contribution is -2.45. The third kappa shape index (κ3) is 8.60. The summed E-state index contributed by atoms with van der Waals surface area (Å²) in [7, 11) is 0. The molecule has 2 aromatic heterocycles. The van der Waals surface area contributed by atoms with Gasteiger partial charge < -0.3 is 24.6 Å². The maximum atomic E-state index is 13.6. The first-order valence-corrected chi connectivity index (χ1v) is 16.8. The number of hydrogen-bond donors (Lipinski definition) is 1. The van der Waals surface area contributed by atoms with Crippen LogP contribution in [0.1, 0.15) is 74.8 Å². The number of ether oxygens (including phenoxy) is 2. The molecule has 0 atom stereocenters. The maximum Gasteiger partial charge on any atom is 0.416 e. The van der Waals surface area contributed by atoms with Gasteiger partial charge >= 0.3 is 6.18 Å². The van der Waals surface area contributed by atoms with Gasteiger partial charge in [0.05, 0.1) is 18.8 Å². The van der Waals surface area contributed by atoms with Crippen molar-refractivity contribution in [1.29, 1.82) is 0 Å². The lowest BCUT2D eigenvalue weighted by atomic mass is 9.84. The summed E-state index contributed by atoms with van der Waals surface area (Å²) in [5, 5.41) is 3.08. The Balaban J connectivity index is 1.14. The van der Waals surface area contributed by atoms with E-state index in [4.69, 9.17) is 9.47 Å². The van der Waals surface area contributed by atoms with Crippen LogP contribution in [-0.4, -0.2) is 77.1 Å². The number of halogens is 3. The van der Waals surface area contributed by atoms with E-state index in [1.165, 1.54) is 24.7 Å². The molecular formula is C35H43F3N6O4. The van der Waals surface area contributed by atoms with Crippen LogP contribution < -0.4 is 19.7 Å². The van der Waals surface area contributed by atoms with E-state index in [1.807, 2.05) is 13.8 Å². The average Bonchev–Trinajstić information content (AvgIpc) is 3.05. The van der Waals surface area contributed by atoms with E-state index < -0.39 is 11.7 Å². The first kappa shape index (κ1) is 35.1. The lowest BCUT2D eigenvalue weighted by Gasteiger charge is -2.34. The van der Waals surface area contributed by atoms with E-state index in [0.29, 0.717) is 48.3 Å². The summed E-state index contributed by atoms with van der Waals surface area (Å²) in [4.78, 5) is 43.8. The summed E-state index contributed by atoms with van der Waals surface area (Å²) in [6, 6.07) is 8.05. The number of nitrogens with zero attached hydrogens (tertiary/aromatic N) is 5. The molecule has 1 saturated carbocycles. The maximum absolute atomic E-state index is 13.6. The topological polar surface area (TPSA) is 110 Å². The number of carbonyl (C=O) groups excluding carboxylic acids is 2. The molecule has 1 N–H and O–H groups in total. The molecule has 1 saturated heterocycles. The molecule has 1 aliphatic heterocycles.